The number of nitrogens with two attached hydrogens (primary N) is 1. The SMILES string of the molecule is CCn1c(N)c(NC(=O)C23CCC(CCC(=O)O)(CC2)CC3)c(=O)n(CC)c1=O. The number of rotatable bonds is 7. The van der Waals surface area contributed by atoms with Crippen molar-refractivity contribution in [3.8, 4) is 0 Å². The molecular formula is C20H30N4O5. The van der Waals surface area contributed by atoms with Crippen LogP contribution in [0.2, 0.25) is 0 Å². The monoisotopic (exact) mass is 406 g/mol. The van der Waals surface area contributed by atoms with E-state index in [0.717, 1.165) is 23.8 Å². The van der Waals surface area contributed by atoms with Crippen molar-refractivity contribution in [2.75, 3.05) is 11.1 Å². The lowest BCUT2D eigenvalue weighted by molar-refractivity contribution is -0.141. The molecule has 1 heterocycles. The summed E-state index contributed by atoms with van der Waals surface area (Å²) < 4.78 is 2.36. The molecule has 9 nitrogen and oxygen atoms in total. The quantitative estimate of drug-likeness (QED) is 0.631. The van der Waals surface area contributed by atoms with E-state index in [1.54, 1.807) is 13.8 Å². The molecule has 3 aliphatic carbocycles. The average molecular weight is 406 g/mol. The molecule has 3 fully saturated rings. The van der Waals surface area contributed by atoms with Gasteiger partial charge in [-0.25, -0.2) is 4.79 Å². The zero-order valence-corrected chi connectivity index (χ0v) is 17.1. The van der Waals surface area contributed by atoms with Crippen LogP contribution in [-0.2, 0) is 22.7 Å². The van der Waals surface area contributed by atoms with Gasteiger partial charge in [-0.15, -0.1) is 0 Å². The van der Waals surface area contributed by atoms with Gasteiger partial charge in [0.2, 0.25) is 5.91 Å². The van der Waals surface area contributed by atoms with E-state index in [0.29, 0.717) is 32.2 Å². The van der Waals surface area contributed by atoms with E-state index < -0.39 is 22.6 Å². The Morgan fingerprint density at radius 1 is 1.03 bits per heavy atom. The second kappa shape index (κ2) is 7.68. The molecule has 9 heteroatoms. The van der Waals surface area contributed by atoms with Gasteiger partial charge in [0.05, 0.1) is 0 Å². The molecule has 1 aromatic rings. The van der Waals surface area contributed by atoms with Crippen LogP contribution in [-0.4, -0.2) is 26.1 Å². The minimum Gasteiger partial charge on any atom is -0.481 e. The van der Waals surface area contributed by atoms with Crippen LogP contribution in [0.3, 0.4) is 0 Å². The summed E-state index contributed by atoms with van der Waals surface area (Å²) in [4.78, 5) is 49.3. The number of nitrogens with zero attached hydrogens (tertiary/aromatic N) is 2. The molecule has 2 bridgehead atoms. The Labute approximate surface area is 168 Å². The molecular weight excluding hydrogens is 376 g/mol. The Hall–Kier alpha value is -2.58. The van der Waals surface area contributed by atoms with Crippen LogP contribution >= 0.6 is 0 Å². The summed E-state index contributed by atoms with van der Waals surface area (Å²) in [6.45, 7) is 3.94. The van der Waals surface area contributed by atoms with Crippen molar-refractivity contribution in [2.45, 2.75) is 78.3 Å². The van der Waals surface area contributed by atoms with Crippen molar-refractivity contribution in [1.82, 2.24) is 9.13 Å². The molecule has 0 spiro atoms. The Morgan fingerprint density at radius 3 is 2.07 bits per heavy atom. The molecule has 0 unspecified atom stereocenters. The molecule has 4 N–H and O–H groups in total. The summed E-state index contributed by atoms with van der Waals surface area (Å²) in [7, 11) is 0. The molecule has 0 atom stereocenters. The number of carbonyl (C=O) groups excluding carboxylic acids is 1. The van der Waals surface area contributed by atoms with Crippen molar-refractivity contribution >= 4 is 23.4 Å². The van der Waals surface area contributed by atoms with Crippen molar-refractivity contribution < 1.29 is 14.7 Å². The smallest absolute Gasteiger partial charge is 0.332 e. The van der Waals surface area contributed by atoms with Crippen LogP contribution in [0.4, 0.5) is 11.5 Å². The number of amides is 1. The summed E-state index contributed by atoms with van der Waals surface area (Å²) in [5.41, 5.74) is 4.43. The number of hydrogen-bond donors (Lipinski definition) is 3. The van der Waals surface area contributed by atoms with Gasteiger partial charge in [-0.05, 0) is 64.2 Å². The topological polar surface area (TPSA) is 136 Å². The maximum absolute atomic E-state index is 13.2. The van der Waals surface area contributed by atoms with E-state index in [9.17, 15) is 19.2 Å². The summed E-state index contributed by atoms with van der Waals surface area (Å²) in [6.07, 6.45) is 5.28. The highest BCUT2D eigenvalue weighted by atomic mass is 16.4. The minimum atomic E-state index is -0.784. The highest BCUT2D eigenvalue weighted by Crippen LogP contribution is 2.59. The normalized spacial score (nSPS) is 25.7. The molecule has 3 saturated carbocycles. The van der Waals surface area contributed by atoms with Gasteiger partial charge in [-0.1, -0.05) is 0 Å². The summed E-state index contributed by atoms with van der Waals surface area (Å²) in [5.74, 6) is -1.02. The Kier molecular flexibility index (Phi) is 5.60. The highest BCUT2D eigenvalue weighted by molar-refractivity contribution is 5.97. The average Bonchev–Trinajstić information content (AvgIpc) is 2.71. The van der Waals surface area contributed by atoms with Gasteiger partial charge < -0.3 is 16.2 Å². The lowest BCUT2D eigenvalue weighted by atomic mass is 9.52. The maximum Gasteiger partial charge on any atom is 0.332 e. The van der Waals surface area contributed by atoms with E-state index in [2.05, 4.69) is 5.32 Å². The number of anilines is 2. The number of nitrogens with one attached hydrogen (secondary N) is 1. The molecule has 0 aromatic carbocycles. The van der Waals surface area contributed by atoms with Crippen molar-refractivity contribution in [3.05, 3.63) is 20.8 Å². The first-order valence-corrected chi connectivity index (χ1v) is 10.3. The molecule has 3 aliphatic rings. The van der Waals surface area contributed by atoms with E-state index >= 15 is 0 Å². The van der Waals surface area contributed by atoms with E-state index in [-0.39, 0.29) is 35.8 Å². The molecule has 0 aliphatic heterocycles. The second-order valence-electron chi connectivity index (χ2n) is 8.46. The molecule has 1 amide bonds. The number of hydrogen-bond acceptors (Lipinski definition) is 5. The number of aliphatic carboxylic acids is 1. The van der Waals surface area contributed by atoms with Crippen LogP contribution < -0.4 is 22.3 Å². The molecule has 0 saturated heterocycles. The fraction of sp³-hybridized carbons (Fsp3) is 0.700. The molecule has 29 heavy (non-hydrogen) atoms. The minimum absolute atomic E-state index is 0.0145. The van der Waals surface area contributed by atoms with E-state index in [4.69, 9.17) is 10.8 Å². The van der Waals surface area contributed by atoms with Crippen molar-refractivity contribution in [1.29, 1.82) is 0 Å². The third kappa shape index (κ3) is 3.58. The molecule has 1 aromatic heterocycles. The Bertz CT molecular complexity index is 921. The number of aromatic nitrogens is 2. The fourth-order valence-corrected chi connectivity index (χ4v) is 5.01. The van der Waals surface area contributed by atoms with E-state index in [1.807, 2.05) is 0 Å². The first-order chi connectivity index (χ1) is 13.7. The number of fused-ring (bicyclic) bond motifs is 3. The number of carboxylic acids is 1. The second-order valence-corrected chi connectivity index (χ2v) is 8.46. The number of carbonyl (C=O) groups is 2. The highest BCUT2D eigenvalue weighted by Gasteiger charge is 2.52. The summed E-state index contributed by atoms with van der Waals surface area (Å²) >= 11 is 0. The van der Waals surface area contributed by atoms with E-state index in [1.165, 1.54) is 4.57 Å². The first kappa shape index (κ1) is 21.1. The first-order valence-electron chi connectivity index (χ1n) is 10.3. The van der Waals surface area contributed by atoms with Gasteiger partial charge in [0.1, 0.15) is 11.5 Å². The van der Waals surface area contributed by atoms with Gasteiger partial charge in [-0.2, -0.15) is 0 Å². The molecule has 4 rings (SSSR count). The van der Waals surface area contributed by atoms with Gasteiger partial charge in [0, 0.05) is 24.9 Å². The van der Waals surface area contributed by atoms with Gasteiger partial charge >= 0.3 is 11.7 Å². The Morgan fingerprint density at radius 2 is 1.59 bits per heavy atom. The van der Waals surface area contributed by atoms with Crippen LogP contribution in [0, 0.1) is 10.8 Å². The van der Waals surface area contributed by atoms with Gasteiger partial charge in [0.15, 0.2) is 0 Å². The van der Waals surface area contributed by atoms with Crippen molar-refractivity contribution in [2.24, 2.45) is 10.8 Å². The van der Waals surface area contributed by atoms with Gasteiger partial charge in [-0.3, -0.25) is 23.5 Å². The zero-order valence-electron chi connectivity index (χ0n) is 17.1. The van der Waals surface area contributed by atoms with Crippen LogP contribution in [0.5, 0.6) is 0 Å². The third-order valence-corrected chi connectivity index (χ3v) is 7.09. The number of nitrogen functional groups attached to an aromatic ring is 1. The lowest BCUT2D eigenvalue weighted by Crippen LogP contribution is -2.49. The predicted molar refractivity (Wildman–Crippen MR) is 109 cm³/mol. The fourth-order valence-electron chi connectivity index (χ4n) is 5.01. The molecule has 160 valence electrons. The molecule has 0 radical (unpaired) electrons. The van der Waals surface area contributed by atoms with Crippen molar-refractivity contribution in [3.63, 3.8) is 0 Å². The number of carboxylic acid groups (broad SMARTS) is 1. The lowest BCUT2D eigenvalue weighted by Gasteiger charge is -2.52. The predicted octanol–water partition coefficient (Wildman–Crippen LogP) is 1.78. The third-order valence-electron chi connectivity index (χ3n) is 7.09. The van der Waals surface area contributed by atoms with Crippen LogP contribution in [0.1, 0.15) is 65.2 Å². The summed E-state index contributed by atoms with van der Waals surface area (Å²) in [6, 6.07) is 0. The van der Waals surface area contributed by atoms with Crippen LogP contribution in [0.25, 0.3) is 0 Å². The zero-order chi connectivity index (χ0) is 21.4. The largest absolute Gasteiger partial charge is 0.481 e. The maximum atomic E-state index is 13.2. The standard InChI is InChI=1S/C20H30N4O5/c1-3-23-15(21)14(16(27)24(4-2)18(23)29)22-17(28)20-10-7-19(8-11-20,9-12-20)6-5-13(25)26/h3-12,21H2,1-2H3,(H,22,28)(H,25,26). The van der Waals surface area contributed by atoms with Gasteiger partial charge in [0.25, 0.3) is 5.56 Å². The Balaban J connectivity index is 1.83. The summed E-state index contributed by atoms with van der Waals surface area (Å²) in [5, 5.41) is 11.7. The van der Waals surface area contributed by atoms with Crippen LogP contribution in [0.15, 0.2) is 9.59 Å².